The van der Waals surface area contributed by atoms with Crippen molar-refractivity contribution in [1.82, 2.24) is 9.55 Å². The molecule has 3 nitrogen and oxygen atoms in total. The van der Waals surface area contributed by atoms with Crippen molar-refractivity contribution in [3.8, 4) is 5.69 Å². The number of hydrogen-bond donors (Lipinski definition) is 1. The molecule has 2 N–H and O–H groups in total. The second kappa shape index (κ2) is 3.66. The summed E-state index contributed by atoms with van der Waals surface area (Å²) in [5, 5.41) is 0. The Bertz CT molecular complexity index is 507. The average Bonchev–Trinajstić information content (AvgIpc) is 2.50. The van der Waals surface area contributed by atoms with E-state index in [0.717, 1.165) is 11.4 Å². The van der Waals surface area contributed by atoms with Crippen LogP contribution in [0.5, 0.6) is 0 Å². The third-order valence-electron chi connectivity index (χ3n) is 2.04. The molecule has 78 valence electrons. The first kappa shape index (κ1) is 10.2. The normalized spacial score (nSPS) is 10.6. The van der Waals surface area contributed by atoms with E-state index < -0.39 is 0 Å². The number of benzene rings is 1. The molecule has 0 atom stereocenters. The smallest absolute Gasteiger partial charge is 0.205 e. The topological polar surface area (TPSA) is 43.8 Å². The lowest BCUT2D eigenvalue weighted by Gasteiger charge is -2.05. The molecular weight excluding hydrogens is 261 g/mol. The van der Waals surface area contributed by atoms with Crippen LogP contribution in [-0.4, -0.2) is 9.55 Å². The minimum atomic E-state index is -0.297. The van der Waals surface area contributed by atoms with Gasteiger partial charge in [-0.1, -0.05) is 0 Å². The number of aryl methyl sites for hydroxylation is 1. The molecule has 0 aliphatic carbocycles. The fourth-order valence-electron chi connectivity index (χ4n) is 1.36. The van der Waals surface area contributed by atoms with Crippen LogP contribution in [0.2, 0.25) is 0 Å². The van der Waals surface area contributed by atoms with Crippen molar-refractivity contribution in [3.05, 3.63) is 40.4 Å². The van der Waals surface area contributed by atoms with Gasteiger partial charge in [0.2, 0.25) is 5.95 Å². The van der Waals surface area contributed by atoms with Gasteiger partial charge in [-0.3, -0.25) is 4.57 Å². The van der Waals surface area contributed by atoms with Crippen LogP contribution in [0.15, 0.2) is 28.9 Å². The summed E-state index contributed by atoms with van der Waals surface area (Å²) < 4.78 is 15.1. The first-order valence-electron chi connectivity index (χ1n) is 4.35. The Balaban J connectivity index is 2.54. The quantitative estimate of drug-likeness (QED) is 0.865. The van der Waals surface area contributed by atoms with Crippen molar-refractivity contribution in [2.75, 3.05) is 5.73 Å². The molecule has 0 fully saturated rings. The van der Waals surface area contributed by atoms with Gasteiger partial charge in [-0.05, 0) is 41.1 Å². The lowest BCUT2D eigenvalue weighted by molar-refractivity contribution is 0.620. The van der Waals surface area contributed by atoms with Gasteiger partial charge >= 0.3 is 0 Å². The second-order valence-electron chi connectivity index (χ2n) is 3.21. The molecule has 0 spiro atoms. The second-order valence-corrected chi connectivity index (χ2v) is 4.06. The third-order valence-corrected chi connectivity index (χ3v) is 2.64. The maximum Gasteiger partial charge on any atom is 0.205 e. The lowest BCUT2D eigenvalue weighted by atomic mass is 10.3. The van der Waals surface area contributed by atoms with E-state index in [1.807, 2.05) is 6.92 Å². The summed E-state index contributed by atoms with van der Waals surface area (Å²) in [4.78, 5) is 4.07. The molecule has 0 saturated carbocycles. The van der Waals surface area contributed by atoms with E-state index in [1.54, 1.807) is 22.9 Å². The maximum absolute atomic E-state index is 13.0. The highest BCUT2D eigenvalue weighted by molar-refractivity contribution is 9.10. The highest BCUT2D eigenvalue weighted by Crippen LogP contribution is 2.21. The minimum absolute atomic E-state index is 0.297. The zero-order valence-corrected chi connectivity index (χ0v) is 9.62. The van der Waals surface area contributed by atoms with E-state index in [9.17, 15) is 4.39 Å². The Hall–Kier alpha value is -1.36. The summed E-state index contributed by atoms with van der Waals surface area (Å²) in [7, 11) is 0. The van der Waals surface area contributed by atoms with Gasteiger partial charge in [0.15, 0.2) is 0 Å². The summed E-state index contributed by atoms with van der Waals surface area (Å²) in [6, 6.07) is 4.69. The minimum Gasteiger partial charge on any atom is -0.369 e. The number of aromatic nitrogens is 2. The van der Waals surface area contributed by atoms with Gasteiger partial charge in [-0.15, -0.1) is 0 Å². The maximum atomic E-state index is 13.0. The van der Waals surface area contributed by atoms with Crippen LogP contribution in [0.3, 0.4) is 0 Å². The number of nitrogen functional groups attached to an aromatic ring is 1. The predicted molar refractivity (Wildman–Crippen MR) is 60.4 cm³/mol. The molecule has 0 amide bonds. The molecule has 1 aromatic heterocycles. The lowest BCUT2D eigenvalue weighted by Crippen LogP contribution is -1.99. The van der Waals surface area contributed by atoms with Gasteiger partial charge in [-0.2, -0.15) is 0 Å². The summed E-state index contributed by atoms with van der Waals surface area (Å²) in [6.45, 7) is 1.85. The Labute approximate surface area is 94.9 Å². The largest absolute Gasteiger partial charge is 0.369 e. The summed E-state index contributed by atoms with van der Waals surface area (Å²) >= 11 is 3.13. The Morgan fingerprint density at radius 2 is 2.20 bits per heavy atom. The molecule has 0 unspecified atom stereocenters. The monoisotopic (exact) mass is 269 g/mol. The predicted octanol–water partition coefficient (Wildman–Crippen LogP) is 2.66. The van der Waals surface area contributed by atoms with Gasteiger partial charge in [0, 0.05) is 11.9 Å². The molecule has 2 rings (SSSR count). The number of imidazole rings is 1. The van der Waals surface area contributed by atoms with Crippen LogP contribution >= 0.6 is 15.9 Å². The van der Waals surface area contributed by atoms with E-state index in [2.05, 4.69) is 20.9 Å². The van der Waals surface area contributed by atoms with E-state index in [-0.39, 0.29) is 5.82 Å². The summed E-state index contributed by atoms with van der Waals surface area (Å²) in [6.07, 6.45) is 1.80. The van der Waals surface area contributed by atoms with E-state index in [1.165, 1.54) is 6.07 Å². The molecule has 0 radical (unpaired) electrons. The fourth-order valence-corrected chi connectivity index (χ4v) is 1.72. The third kappa shape index (κ3) is 1.87. The van der Waals surface area contributed by atoms with Crippen LogP contribution in [0.1, 0.15) is 5.69 Å². The summed E-state index contributed by atoms with van der Waals surface area (Å²) in [5.41, 5.74) is 7.31. The number of nitrogens with zero attached hydrogens (tertiary/aromatic N) is 2. The molecule has 2 aromatic rings. The van der Waals surface area contributed by atoms with Crippen LogP contribution in [-0.2, 0) is 0 Å². The zero-order valence-electron chi connectivity index (χ0n) is 8.04. The molecule has 0 bridgehead atoms. The van der Waals surface area contributed by atoms with Crippen LogP contribution in [0.25, 0.3) is 5.69 Å². The van der Waals surface area contributed by atoms with Gasteiger partial charge in [0.1, 0.15) is 5.82 Å². The van der Waals surface area contributed by atoms with Crippen LogP contribution < -0.4 is 5.73 Å². The van der Waals surface area contributed by atoms with E-state index >= 15 is 0 Å². The van der Waals surface area contributed by atoms with Crippen molar-refractivity contribution >= 4 is 21.9 Å². The molecule has 15 heavy (non-hydrogen) atoms. The number of halogens is 2. The molecular formula is C10H9BrFN3. The molecule has 0 aliphatic heterocycles. The van der Waals surface area contributed by atoms with Gasteiger partial charge in [-0.25, -0.2) is 9.37 Å². The van der Waals surface area contributed by atoms with Gasteiger partial charge in [0.25, 0.3) is 0 Å². The van der Waals surface area contributed by atoms with Gasteiger partial charge in [0.05, 0.1) is 10.2 Å². The van der Waals surface area contributed by atoms with Gasteiger partial charge < -0.3 is 5.73 Å². The van der Waals surface area contributed by atoms with Crippen LogP contribution in [0.4, 0.5) is 10.3 Å². The van der Waals surface area contributed by atoms with E-state index in [0.29, 0.717) is 10.4 Å². The standard InChI is InChI=1S/C10H9BrFN3/c1-6-5-15(10(13)14-6)7-2-3-9(12)8(11)4-7/h2-5H,1H3,(H2,13,14). The van der Waals surface area contributed by atoms with Crippen molar-refractivity contribution in [2.45, 2.75) is 6.92 Å². The van der Waals surface area contributed by atoms with Crippen LogP contribution in [0, 0.1) is 12.7 Å². The Morgan fingerprint density at radius 1 is 1.47 bits per heavy atom. The SMILES string of the molecule is Cc1cn(-c2ccc(F)c(Br)c2)c(N)n1. The molecule has 0 saturated heterocycles. The summed E-state index contributed by atoms with van der Waals surface area (Å²) in [5.74, 6) is 0.0974. The first-order chi connectivity index (χ1) is 7.08. The molecule has 0 aliphatic rings. The zero-order chi connectivity index (χ0) is 11.0. The Kier molecular flexibility index (Phi) is 2.48. The Morgan fingerprint density at radius 3 is 2.73 bits per heavy atom. The van der Waals surface area contributed by atoms with Crippen molar-refractivity contribution in [1.29, 1.82) is 0 Å². The molecule has 1 aromatic carbocycles. The number of anilines is 1. The number of hydrogen-bond acceptors (Lipinski definition) is 2. The molecule has 1 heterocycles. The number of rotatable bonds is 1. The number of nitrogens with two attached hydrogens (primary N) is 1. The highest BCUT2D eigenvalue weighted by Gasteiger charge is 2.06. The molecule has 5 heteroatoms. The van der Waals surface area contributed by atoms with Crippen molar-refractivity contribution in [2.24, 2.45) is 0 Å². The fraction of sp³-hybridized carbons (Fsp3) is 0.100. The average molecular weight is 270 g/mol. The van der Waals surface area contributed by atoms with Crippen molar-refractivity contribution < 1.29 is 4.39 Å². The first-order valence-corrected chi connectivity index (χ1v) is 5.14. The van der Waals surface area contributed by atoms with Crippen molar-refractivity contribution in [3.63, 3.8) is 0 Å². The van der Waals surface area contributed by atoms with E-state index in [4.69, 9.17) is 5.73 Å². The highest BCUT2D eigenvalue weighted by atomic mass is 79.9.